The molecule has 0 aliphatic heterocycles. The first-order chi connectivity index (χ1) is 12.2. The molecule has 144 valence electrons. The van der Waals surface area contributed by atoms with Gasteiger partial charge in [0.2, 0.25) is 5.89 Å². The van der Waals surface area contributed by atoms with Crippen molar-refractivity contribution in [2.75, 3.05) is 7.05 Å². The van der Waals surface area contributed by atoms with Crippen LogP contribution in [0.5, 0.6) is 0 Å². The molecule has 0 aliphatic rings. The maximum Gasteiger partial charge on any atom is 0.318 e. The van der Waals surface area contributed by atoms with Crippen LogP contribution in [0.15, 0.2) is 4.52 Å². The number of carbonyl (C=O) groups excluding carboxylic acids is 1. The van der Waals surface area contributed by atoms with Gasteiger partial charge < -0.3 is 14.7 Å². The van der Waals surface area contributed by atoms with Crippen LogP contribution in [-0.4, -0.2) is 37.9 Å². The van der Waals surface area contributed by atoms with Gasteiger partial charge in [-0.1, -0.05) is 19.0 Å². The molecule has 0 saturated carbocycles. The number of hydrogen-bond donors (Lipinski definition) is 1. The van der Waals surface area contributed by atoms with E-state index in [0.29, 0.717) is 24.2 Å². The summed E-state index contributed by atoms with van der Waals surface area (Å²) in [7, 11) is 1.72. The molecule has 0 bridgehead atoms. The fourth-order valence-electron chi connectivity index (χ4n) is 3.08. The highest BCUT2D eigenvalue weighted by Gasteiger charge is 2.21. The molecule has 2 heterocycles. The van der Waals surface area contributed by atoms with Crippen LogP contribution in [0.2, 0.25) is 0 Å². The summed E-state index contributed by atoms with van der Waals surface area (Å²) in [5, 5.41) is 11.5. The molecule has 0 aliphatic carbocycles. The second-order valence-corrected chi connectivity index (χ2v) is 7.13. The average Bonchev–Trinajstić information content (AvgIpc) is 3.10. The SMILES string of the molecule is CCn1nc(C)c(C(C)NC(=O)N(C)Cc2noc(CC(C)C)n2)c1C. The number of nitrogens with one attached hydrogen (secondary N) is 1. The summed E-state index contributed by atoms with van der Waals surface area (Å²) >= 11 is 0. The fourth-order valence-corrected chi connectivity index (χ4v) is 3.08. The highest BCUT2D eigenvalue weighted by atomic mass is 16.5. The van der Waals surface area contributed by atoms with Crippen molar-refractivity contribution in [3.63, 3.8) is 0 Å². The van der Waals surface area contributed by atoms with Crippen molar-refractivity contribution in [2.45, 2.75) is 67.1 Å². The van der Waals surface area contributed by atoms with Gasteiger partial charge in [-0.3, -0.25) is 4.68 Å². The Hall–Kier alpha value is -2.38. The standard InChI is InChI=1S/C18H30N6O2/c1-8-24-14(6)17(13(5)21-24)12(4)19-18(25)23(7)10-15-20-16(26-22-15)9-11(2)3/h11-12H,8-10H2,1-7H3,(H,19,25). The number of hydrogen-bond acceptors (Lipinski definition) is 5. The topological polar surface area (TPSA) is 89.1 Å². The molecular formula is C18H30N6O2. The van der Waals surface area contributed by atoms with Crippen LogP contribution in [0.3, 0.4) is 0 Å². The predicted octanol–water partition coefficient (Wildman–Crippen LogP) is 3.00. The normalized spacial score (nSPS) is 12.5. The Kier molecular flexibility index (Phi) is 6.39. The van der Waals surface area contributed by atoms with Crippen LogP contribution in [0.1, 0.15) is 62.4 Å². The van der Waals surface area contributed by atoms with Crippen molar-refractivity contribution >= 4 is 6.03 Å². The van der Waals surface area contributed by atoms with Gasteiger partial charge in [-0.25, -0.2) is 4.79 Å². The van der Waals surface area contributed by atoms with Crippen LogP contribution in [0.4, 0.5) is 4.79 Å². The summed E-state index contributed by atoms with van der Waals surface area (Å²) < 4.78 is 7.17. The molecule has 8 heteroatoms. The summed E-state index contributed by atoms with van der Waals surface area (Å²) in [6, 6.07) is -0.317. The smallest absolute Gasteiger partial charge is 0.318 e. The van der Waals surface area contributed by atoms with Crippen LogP contribution in [-0.2, 0) is 19.5 Å². The molecule has 1 unspecified atom stereocenters. The maximum atomic E-state index is 12.5. The van der Waals surface area contributed by atoms with E-state index in [2.05, 4.69) is 41.3 Å². The van der Waals surface area contributed by atoms with Gasteiger partial charge in [0.05, 0.1) is 18.3 Å². The number of carbonyl (C=O) groups is 1. The lowest BCUT2D eigenvalue weighted by atomic mass is 10.1. The van der Waals surface area contributed by atoms with E-state index < -0.39 is 0 Å². The van der Waals surface area contributed by atoms with Crippen molar-refractivity contribution in [2.24, 2.45) is 5.92 Å². The zero-order chi connectivity index (χ0) is 19.4. The molecule has 0 radical (unpaired) electrons. The lowest BCUT2D eigenvalue weighted by Crippen LogP contribution is -2.38. The van der Waals surface area contributed by atoms with Gasteiger partial charge >= 0.3 is 6.03 Å². The maximum absolute atomic E-state index is 12.5. The van der Waals surface area contributed by atoms with E-state index in [1.165, 1.54) is 0 Å². The molecule has 0 spiro atoms. The summed E-state index contributed by atoms with van der Waals surface area (Å²) in [5.41, 5.74) is 3.08. The van der Waals surface area contributed by atoms with Gasteiger partial charge in [0, 0.05) is 31.3 Å². The Morgan fingerprint density at radius 2 is 2.00 bits per heavy atom. The predicted molar refractivity (Wildman–Crippen MR) is 98.6 cm³/mol. The molecule has 2 aromatic heterocycles. The molecule has 0 fully saturated rings. The summed E-state index contributed by atoms with van der Waals surface area (Å²) in [6.45, 7) is 13.3. The van der Waals surface area contributed by atoms with Crippen LogP contribution in [0, 0.1) is 19.8 Å². The molecule has 0 aromatic carbocycles. The Morgan fingerprint density at radius 3 is 2.58 bits per heavy atom. The summed E-state index contributed by atoms with van der Waals surface area (Å²) in [5.74, 6) is 1.56. The first kappa shape index (κ1) is 19.9. The zero-order valence-corrected chi connectivity index (χ0v) is 16.8. The highest BCUT2D eigenvalue weighted by molar-refractivity contribution is 5.74. The molecule has 2 rings (SSSR count). The number of urea groups is 1. The van der Waals surface area contributed by atoms with E-state index in [9.17, 15) is 4.79 Å². The molecule has 2 amide bonds. The lowest BCUT2D eigenvalue weighted by molar-refractivity contribution is 0.201. The second-order valence-electron chi connectivity index (χ2n) is 7.13. The molecule has 2 aromatic rings. The van der Waals surface area contributed by atoms with Gasteiger partial charge in [0.1, 0.15) is 0 Å². The van der Waals surface area contributed by atoms with Crippen molar-refractivity contribution < 1.29 is 9.32 Å². The minimum atomic E-state index is -0.184. The average molecular weight is 362 g/mol. The van der Waals surface area contributed by atoms with Gasteiger partial charge in [-0.05, 0) is 33.6 Å². The molecule has 1 N–H and O–H groups in total. The zero-order valence-electron chi connectivity index (χ0n) is 16.8. The van der Waals surface area contributed by atoms with E-state index in [1.807, 2.05) is 25.5 Å². The highest BCUT2D eigenvalue weighted by Crippen LogP contribution is 2.21. The van der Waals surface area contributed by atoms with Crippen LogP contribution < -0.4 is 5.32 Å². The summed E-state index contributed by atoms with van der Waals surface area (Å²) in [4.78, 5) is 18.4. The monoisotopic (exact) mass is 362 g/mol. The molecule has 0 saturated heterocycles. The van der Waals surface area contributed by atoms with Crippen molar-refractivity contribution in [1.82, 2.24) is 30.1 Å². The van der Waals surface area contributed by atoms with E-state index in [-0.39, 0.29) is 12.1 Å². The number of amides is 2. The molecule has 1 atom stereocenters. The first-order valence-electron chi connectivity index (χ1n) is 9.09. The fraction of sp³-hybridized carbons (Fsp3) is 0.667. The first-order valence-corrected chi connectivity index (χ1v) is 9.09. The van der Waals surface area contributed by atoms with E-state index in [0.717, 1.165) is 29.9 Å². The third kappa shape index (κ3) is 4.62. The van der Waals surface area contributed by atoms with Gasteiger partial charge in [0.25, 0.3) is 0 Å². The molecule has 26 heavy (non-hydrogen) atoms. The van der Waals surface area contributed by atoms with Gasteiger partial charge in [0.15, 0.2) is 5.82 Å². The summed E-state index contributed by atoms with van der Waals surface area (Å²) in [6.07, 6.45) is 0.736. The molecular weight excluding hydrogens is 332 g/mol. The number of rotatable bonds is 7. The third-order valence-corrected chi connectivity index (χ3v) is 4.33. The third-order valence-electron chi connectivity index (χ3n) is 4.33. The minimum Gasteiger partial charge on any atom is -0.339 e. The quantitative estimate of drug-likeness (QED) is 0.818. The Labute approximate surface area is 154 Å². The Morgan fingerprint density at radius 1 is 1.31 bits per heavy atom. The lowest BCUT2D eigenvalue weighted by Gasteiger charge is -2.20. The minimum absolute atomic E-state index is 0.132. The van der Waals surface area contributed by atoms with Gasteiger partial charge in [-0.15, -0.1) is 0 Å². The van der Waals surface area contributed by atoms with E-state index >= 15 is 0 Å². The van der Waals surface area contributed by atoms with Crippen LogP contribution >= 0.6 is 0 Å². The van der Waals surface area contributed by atoms with Gasteiger partial charge in [-0.2, -0.15) is 10.1 Å². The Bertz CT molecular complexity index is 749. The van der Waals surface area contributed by atoms with Crippen molar-refractivity contribution in [1.29, 1.82) is 0 Å². The van der Waals surface area contributed by atoms with Crippen LogP contribution in [0.25, 0.3) is 0 Å². The van der Waals surface area contributed by atoms with Crippen molar-refractivity contribution in [3.05, 3.63) is 28.7 Å². The Balaban J connectivity index is 1.98. The second kappa shape index (κ2) is 8.33. The van der Waals surface area contributed by atoms with E-state index in [4.69, 9.17) is 4.52 Å². The number of nitrogens with zero attached hydrogens (tertiary/aromatic N) is 5. The number of aromatic nitrogens is 4. The largest absolute Gasteiger partial charge is 0.339 e. The van der Waals surface area contributed by atoms with E-state index in [1.54, 1.807) is 11.9 Å². The number of aryl methyl sites for hydroxylation is 2. The van der Waals surface area contributed by atoms with Crippen molar-refractivity contribution in [3.8, 4) is 0 Å². The molecule has 8 nitrogen and oxygen atoms in total.